The Bertz CT molecular complexity index is 122. The molecule has 1 rings (SSSR count). The van der Waals surface area contributed by atoms with Gasteiger partial charge in [-0.2, -0.15) is 0 Å². The molecule has 0 saturated heterocycles. The van der Waals surface area contributed by atoms with Crippen LogP contribution in [0.15, 0.2) is 0 Å². The SMILES string of the molecule is CC(CC1CC1)CC(C)C(C)C. The van der Waals surface area contributed by atoms with Crippen LogP contribution in [0.2, 0.25) is 0 Å². The van der Waals surface area contributed by atoms with E-state index in [0.29, 0.717) is 0 Å². The molecule has 0 heterocycles. The fourth-order valence-corrected chi connectivity index (χ4v) is 1.93. The van der Waals surface area contributed by atoms with Crippen molar-refractivity contribution >= 4 is 0 Å². The van der Waals surface area contributed by atoms with Crippen molar-refractivity contribution in [2.75, 3.05) is 0 Å². The van der Waals surface area contributed by atoms with Gasteiger partial charge >= 0.3 is 0 Å². The van der Waals surface area contributed by atoms with E-state index in [-0.39, 0.29) is 0 Å². The normalized spacial score (nSPS) is 22.8. The predicted molar refractivity (Wildman–Crippen MR) is 55.1 cm³/mol. The average Bonchev–Trinajstić information content (AvgIpc) is 2.71. The molecule has 72 valence electrons. The third kappa shape index (κ3) is 3.60. The molecule has 0 aromatic carbocycles. The van der Waals surface area contributed by atoms with Crippen molar-refractivity contribution in [1.82, 2.24) is 0 Å². The predicted octanol–water partition coefficient (Wildman–Crippen LogP) is 4.10. The van der Waals surface area contributed by atoms with Gasteiger partial charge in [-0.25, -0.2) is 0 Å². The van der Waals surface area contributed by atoms with Gasteiger partial charge in [-0.1, -0.05) is 40.5 Å². The van der Waals surface area contributed by atoms with Crippen LogP contribution in [0.1, 0.15) is 53.4 Å². The van der Waals surface area contributed by atoms with Crippen LogP contribution in [0.25, 0.3) is 0 Å². The van der Waals surface area contributed by atoms with Crippen molar-refractivity contribution in [3.63, 3.8) is 0 Å². The highest BCUT2D eigenvalue weighted by Gasteiger charge is 2.24. The molecule has 1 aliphatic rings. The van der Waals surface area contributed by atoms with Gasteiger partial charge in [-0.3, -0.25) is 0 Å². The summed E-state index contributed by atoms with van der Waals surface area (Å²) in [5.41, 5.74) is 0. The monoisotopic (exact) mass is 168 g/mol. The summed E-state index contributed by atoms with van der Waals surface area (Å²) in [6.45, 7) is 9.51. The van der Waals surface area contributed by atoms with Crippen LogP contribution in [0.3, 0.4) is 0 Å². The van der Waals surface area contributed by atoms with Gasteiger partial charge in [0.15, 0.2) is 0 Å². The Labute approximate surface area is 77.7 Å². The molecule has 0 aromatic rings. The molecule has 0 N–H and O–H groups in total. The van der Waals surface area contributed by atoms with Crippen molar-refractivity contribution in [3.05, 3.63) is 0 Å². The summed E-state index contributed by atoms with van der Waals surface area (Å²) < 4.78 is 0. The summed E-state index contributed by atoms with van der Waals surface area (Å²) in [6, 6.07) is 0. The molecular weight excluding hydrogens is 144 g/mol. The zero-order valence-corrected chi connectivity index (χ0v) is 9.14. The Morgan fingerprint density at radius 2 is 1.67 bits per heavy atom. The first-order valence-corrected chi connectivity index (χ1v) is 5.59. The first-order chi connectivity index (χ1) is 5.59. The fourth-order valence-electron chi connectivity index (χ4n) is 1.93. The summed E-state index contributed by atoms with van der Waals surface area (Å²) in [5.74, 6) is 3.86. The van der Waals surface area contributed by atoms with Crippen LogP contribution in [0, 0.1) is 23.7 Å². The zero-order valence-electron chi connectivity index (χ0n) is 9.14. The molecule has 0 amide bonds. The lowest BCUT2D eigenvalue weighted by atomic mass is 9.86. The second kappa shape index (κ2) is 4.30. The molecule has 0 aromatic heterocycles. The van der Waals surface area contributed by atoms with Crippen LogP contribution in [-0.2, 0) is 0 Å². The summed E-state index contributed by atoms with van der Waals surface area (Å²) in [6.07, 6.45) is 5.96. The summed E-state index contributed by atoms with van der Waals surface area (Å²) in [4.78, 5) is 0. The number of hydrogen-bond donors (Lipinski definition) is 0. The van der Waals surface area contributed by atoms with Crippen molar-refractivity contribution in [3.8, 4) is 0 Å². The Morgan fingerprint density at radius 3 is 2.08 bits per heavy atom. The van der Waals surface area contributed by atoms with Crippen LogP contribution >= 0.6 is 0 Å². The molecule has 2 unspecified atom stereocenters. The van der Waals surface area contributed by atoms with E-state index in [2.05, 4.69) is 27.7 Å². The van der Waals surface area contributed by atoms with Crippen molar-refractivity contribution in [2.24, 2.45) is 23.7 Å². The minimum Gasteiger partial charge on any atom is -0.0625 e. The standard InChI is InChI=1S/C12H24/c1-9(2)11(4)7-10(3)8-12-5-6-12/h9-12H,5-8H2,1-4H3. The first-order valence-electron chi connectivity index (χ1n) is 5.59. The van der Waals surface area contributed by atoms with E-state index in [4.69, 9.17) is 0 Å². The molecule has 1 saturated carbocycles. The van der Waals surface area contributed by atoms with Gasteiger partial charge in [0, 0.05) is 0 Å². The van der Waals surface area contributed by atoms with E-state index >= 15 is 0 Å². The maximum absolute atomic E-state index is 2.43. The largest absolute Gasteiger partial charge is 0.0625 e. The lowest BCUT2D eigenvalue weighted by molar-refractivity contribution is 0.314. The maximum Gasteiger partial charge on any atom is -0.0412 e. The summed E-state index contributed by atoms with van der Waals surface area (Å²) in [5, 5.41) is 0. The van der Waals surface area contributed by atoms with Gasteiger partial charge in [0.2, 0.25) is 0 Å². The Morgan fingerprint density at radius 1 is 1.08 bits per heavy atom. The quantitative estimate of drug-likeness (QED) is 0.579. The van der Waals surface area contributed by atoms with Gasteiger partial charge in [0.25, 0.3) is 0 Å². The zero-order chi connectivity index (χ0) is 9.14. The van der Waals surface area contributed by atoms with E-state index in [0.717, 1.165) is 23.7 Å². The third-order valence-electron chi connectivity index (χ3n) is 3.34. The molecule has 0 spiro atoms. The van der Waals surface area contributed by atoms with Crippen LogP contribution < -0.4 is 0 Å². The molecule has 0 aliphatic heterocycles. The maximum atomic E-state index is 2.43. The van der Waals surface area contributed by atoms with Crippen LogP contribution in [0.4, 0.5) is 0 Å². The summed E-state index contributed by atoms with van der Waals surface area (Å²) in [7, 11) is 0. The smallest absolute Gasteiger partial charge is 0.0412 e. The van der Waals surface area contributed by atoms with Crippen LogP contribution in [-0.4, -0.2) is 0 Å². The molecule has 12 heavy (non-hydrogen) atoms. The second-order valence-electron chi connectivity index (χ2n) is 5.24. The van der Waals surface area contributed by atoms with E-state index in [9.17, 15) is 0 Å². The van der Waals surface area contributed by atoms with Crippen molar-refractivity contribution < 1.29 is 0 Å². The lowest BCUT2D eigenvalue weighted by Gasteiger charge is -2.19. The van der Waals surface area contributed by atoms with Crippen molar-refractivity contribution in [2.45, 2.75) is 53.4 Å². The topological polar surface area (TPSA) is 0 Å². The van der Waals surface area contributed by atoms with Gasteiger partial charge in [-0.05, 0) is 36.5 Å². The fraction of sp³-hybridized carbons (Fsp3) is 1.00. The minimum atomic E-state index is 0.867. The molecule has 0 nitrogen and oxygen atoms in total. The highest BCUT2D eigenvalue weighted by Crippen LogP contribution is 2.37. The van der Waals surface area contributed by atoms with E-state index < -0.39 is 0 Å². The molecule has 0 radical (unpaired) electrons. The highest BCUT2D eigenvalue weighted by atomic mass is 14.3. The third-order valence-corrected chi connectivity index (χ3v) is 3.34. The molecule has 2 atom stereocenters. The van der Waals surface area contributed by atoms with E-state index in [1.165, 1.54) is 25.7 Å². The Kier molecular flexibility index (Phi) is 3.61. The number of hydrogen-bond acceptors (Lipinski definition) is 0. The van der Waals surface area contributed by atoms with Crippen LogP contribution in [0.5, 0.6) is 0 Å². The second-order valence-corrected chi connectivity index (χ2v) is 5.24. The van der Waals surface area contributed by atoms with E-state index in [1.807, 2.05) is 0 Å². The Balaban J connectivity index is 2.10. The highest BCUT2D eigenvalue weighted by molar-refractivity contribution is 4.76. The van der Waals surface area contributed by atoms with E-state index in [1.54, 1.807) is 0 Å². The van der Waals surface area contributed by atoms with Gasteiger partial charge < -0.3 is 0 Å². The lowest BCUT2D eigenvalue weighted by Crippen LogP contribution is -2.09. The molecule has 1 aliphatic carbocycles. The Hall–Kier alpha value is 0. The summed E-state index contributed by atoms with van der Waals surface area (Å²) >= 11 is 0. The van der Waals surface area contributed by atoms with Gasteiger partial charge in [-0.15, -0.1) is 0 Å². The van der Waals surface area contributed by atoms with Crippen molar-refractivity contribution in [1.29, 1.82) is 0 Å². The average molecular weight is 168 g/mol. The number of rotatable bonds is 5. The molecular formula is C12H24. The molecule has 1 fully saturated rings. The minimum absolute atomic E-state index is 0.867. The van der Waals surface area contributed by atoms with Gasteiger partial charge in [0.1, 0.15) is 0 Å². The molecule has 0 heteroatoms. The van der Waals surface area contributed by atoms with Gasteiger partial charge in [0.05, 0.1) is 0 Å². The molecule has 0 bridgehead atoms. The first kappa shape index (κ1) is 10.1.